The van der Waals surface area contributed by atoms with Crippen LogP contribution in [0.3, 0.4) is 0 Å². The van der Waals surface area contributed by atoms with Crippen LogP contribution in [-0.4, -0.2) is 79.9 Å². The van der Waals surface area contributed by atoms with Gasteiger partial charge in [0, 0.05) is 51.6 Å². The molecule has 2 saturated heterocycles. The number of hydrogen-bond acceptors (Lipinski definition) is 4. The van der Waals surface area contributed by atoms with Crippen LogP contribution in [0.25, 0.3) is 0 Å². The zero-order chi connectivity index (χ0) is 16.3. The van der Waals surface area contributed by atoms with Crippen molar-refractivity contribution in [2.75, 3.05) is 45.5 Å². The van der Waals surface area contributed by atoms with Gasteiger partial charge in [-0.05, 0) is 12.8 Å². The Morgan fingerprint density at radius 1 is 0.955 bits per heavy atom. The Morgan fingerprint density at radius 3 is 1.91 bits per heavy atom. The molecule has 0 aromatic rings. The Kier molecular flexibility index (Phi) is 5.44. The summed E-state index contributed by atoms with van der Waals surface area (Å²) in [5, 5.41) is 0. The van der Waals surface area contributed by atoms with Gasteiger partial charge in [-0.3, -0.25) is 9.59 Å². The Hall–Kier alpha value is -1.15. The number of rotatable bonds is 3. The maximum Gasteiger partial charge on any atom is 0.225 e. The lowest BCUT2D eigenvalue weighted by Gasteiger charge is -2.38. The number of carbonyl (C=O) groups is 2. The molecule has 0 unspecified atom stereocenters. The van der Waals surface area contributed by atoms with Gasteiger partial charge >= 0.3 is 0 Å². The van der Waals surface area contributed by atoms with Crippen molar-refractivity contribution in [3.8, 4) is 0 Å². The number of sulfonamides is 1. The van der Waals surface area contributed by atoms with Crippen LogP contribution >= 0.6 is 0 Å². The lowest BCUT2D eigenvalue weighted by atomic mass is 9.96. The van der Waals surface area contributed by atoms with Crippen molar-refractivity contribution in [3.05, 3.63) is 0 Å². The fraction of sp³-hybridized carbons (Fsp3) is 0.857. The second-order valence-electron chi connectivity index (χ2n) is 6.00. The van der Waals surface area contributed by atoms with Crippen LogP contribution in [0.5, 0.6) is 0 Å². The number of piperazine rings is 1. The molecule has 2 heterocycles. The van der Waals surface area contributed by atoms with E-state index >= 15 is 0 Å². The second kappa shape index (κ2) is 6.95. The normalized spacial score (nSPS) is 21.9. The molecule has 0 aliphatic carbocycles. The first kappa shape index (κ1) is 17.2. The van der Waals surface area contributed by atoms with Crippen LogP contribution < -0.4 is 0 Å². The number of piperidine rings is 1. The van der Waals surface area contributed by atoms with Crippen molar-refractivity contribution >= 4 is 21.8 Å². The monoisotopic (exact) mass is 331 g/mol. The van der Waals surface area contributed by atoms with Crippen molar-refractivity contribution in [2.24, 2.45) is 5.92 Å². The number of carbonyl (C=O) groups excluding carboxylic acids is 2. The molecular weight excluding hydrogens is 306 g/mol. The fourth-order valence-corrected chi connectivity index (χ4v) is 3.97. The highest BCUT2D eigenvalue weighted by atomic mass is 32.2. The molecule has 0 atom stereocenters. The highest BCUT2D eigenvalue weighted by Crippen LogP contribution is 2.22. The van der Waals surface area contributed by atoms with E-state index < -0.39 is 10.0 Å². The van der Waals surface area contributed by atoms with Crippen LogP contribution in [0.15, 0.2) is 0 Å². The maximum absolute atomic E-state index is 12.5. The predicted molar refractivity (Wildman–Crippen MR) is 82.6 cm³/mol. The van der Waals surface area contributed by atoms with E-state index in [9.17, 15) is 18.0 Å². The molecule has 0 saturated carbocycles. The third-order valence-electron chi connectivity index (χ3n) is 4.52. The van der Waals surface area contributed by atoms with Crippen LogP contribution in [0.1, 0.15) is 26.2 Å². The highest BCUT2D eigenvalue weighted by molar-refractivity contribution is 7.88. The van der Waals surface area contributed by atoms with Gasteiger partial charge in [0.15, 0.2) is 0 Å². The molecule has 2 aliphatic heterocycles. The third kappa shape index (κ3) is 3.98. The molecule has 0 bridgehead atoms. The molecule has 0 spiro atoms. The average molecular weight is 331 g/mol. The standard InChI is InChI=1S/C14H25N3O4S/c1-3-13(18)15-8-10-16(11-9-15)14(19)12-4-6-17(7-5-12)22(2,20)21/h12H,3-11H2,1-2H3. The highest BCUT2D eigenvalue weighted by Gasteiger charge is 2.33. The molecule has 22 heavy (non-hydrogen) atoms. The fourth-order valence-electron chi connectivity index (χ4n) is 3.09. The molecule has 0 radical (unpaired) electrons. The van der Waals surface area contributed by atoms with E-state index in [1.54, 1.807) is 4.90 Å². The minimum atomic E-state index is -3.16. The molecule has 2 amide bonds. The second-order valence-corrected chi connectivity index (χ2v) is 7.98. The third-order valence-corrected chi connectivity index (χ3v) is 5.82. The van der Waals surface area contributed by atoms with Gasteiger partial charge in [0.2, 0.25) is 21.8 Å². The van der Waals surface area contributed by atoms with E-state index in [2.05, 4.69) is 0 Å². The van der Waals surface area contributed by atoms with E-state index in [1.165, 1.54) is 10.6 Å². The van der Waals surface area contributed by atoms with E-state index in [4.69, 9.17) is 0 Å². The van der Waals surface area contributed by atoms with E-state index in [-0.39, 0.29) is 17.7 Å². The van der Waals surface area contributed by atoms with Crippen molar-refractivity contribution < 1.29 is 18.0 Å². The summed E-state index contributed by atoms with van der Waals surface area (Å²) in [5.41, 5.74) is 0. The summed E-state index contributed by atoms with van der Waals surface area (Å²) in [7, 11) is -3.16. The van der Waals surface area contributed by atoms with Gasteiger partial charge in [-0.1, -0.05) is 6.92 Å². The van der Waals surface area contributed by atoms with E-state index in [1.807, 2.05) is 11.8 Å². The molecule has 7 nitrogen and oxygen atoms in total. The molecule has 126 valence electrons. The van der Waals surface area contributed by atoms with Gasteiger partial charge in [0.05, 0.1) is 6.26 Å². The van der Waals surface area contributed by atoms with Crippen molar-refractivity contribution in [1.82, 2.24) is 14.1 Å². The van der Waals surface area contributed by atoms with Crippen LogP contribution in [-0.2, 0) is 19.6 Å². The Morgan fingerprint density at radius 2 is 1.45 bits per heavy atom. The molecule has 2 fully saturated rings. The predicted octanol–water partition coefficient (Wildman–Crippen LogP) is -0.261. The quantitative estimate of drug-likeness (QED) is 0.714. The lowest BCUT2D eigenvalue weighted by Crippen LogP contribution is -2.53. The van der Waals surface area contributed by atoms with Crippen molar-refractivity contribution in [2.45, 2.75) is 26.2 Å². The zero-order valence-electron chi connectivity index (χ0n) is 13.3. The summed E-state index contributed by atoms with van der Waals surface area (Å²) in [6.07, 6.45) is 2.87. The van der Waals surface area contributed by atoms with Crippen molar-refractivity contribution in [1.29, 1.82) is 0 Å². The van der Waals surface area contributed by atoms with Gasteiger partial charge in [-0.15, -0.1) is 0 Å². The Balaban J connectivity index is 1.83. The summed E-state index contributed by atoms with van der Waals surface area (Å²) in [4.78, 5) is 27.8. The van der Waals surface area contributed by atoms with Gasteiger partial charge in [-0.2, -0.15) is 0 Å². The van der Waals surface area contributed by atoms with E-state index in [0.717, 1.165) is 0 Å². The minimum Gasteiger partial charge on any atom is -0.339 e. The van der Waals surface area contributed by atoms with Crippen LogP contribution in [0.4, 0.5) is 0 Å². The molecule has 0 N–H and O–H groups in total. The zero-order valence-corrected chi connectivity index (χ0v) is 14.1. The largest absolute Gasteiger partial charge is 0.339 e. The smallest absolute Gasteiger partial charge is 0.225 e. The SMILES string of the molecule is CCC(=O)N1CCN(C(=O)C2CCN(S(C)(=O)=O)CC2)CC1. The molecule has 2 rings (SSSR count). The topological polar surface area (TPSA) is 78.0 Å². The van der Waals surface area contributed by atoms with Gasteiger partial charge in [-0.25, -0.2) is 12.7 Å². The number of amides is 2. The summed E-state index contributed by atoms with van der Waals surface area (Å²) in [5.74, 6) is 0.150. The van der Waals surface area contributed by atoms with Crippen LogP contribution in [0.2, 0.25) is 0 Å². The lowest BCUT2D eigenvalue weighted by molar-refractivity contribution is -0.142. The molecule has 2 aliphatic rings. The number of nitrogens with zero attached hydrogens (tertiary/aromatic N) is 3. The van der Waals surface area contributed by atoms with E-state index in [0.29, 0.717) is 58.5 Å². The van der Waals surface area contributed by atoms with Crippen molar-refractivity contribution in [3.63, 3.8) is 0 Å². The summed E-state index contributed by atoms with van der Waals surface area (Å²) in [6, 6.07) is 0. The average Bonchev–Trinajstić information content (AvgIpc) is 2.53. The molecule has 0 aromatic heterocycles. The first-order valence-electron chi connectivity index (χ1n) is 7.84. The van der Waals surface area contributed by atoms with Gasteiger partial charge in [0.1, 0.15) is 0 Å². The first-order valence-corrected chi connectivity index (χ1v) is 9.69. The van der Waals surface area contributed by atoms with Gasteiger partial charge < -0.3 is 9.80 Å². The minimum absolute atomic E-state index is 0.0913. The Bertz CT molecular complexity index is 518. The van der Waals surface area contributed by atoms with Gasteiger partial charge in [0.25, 0.3) is 0 Å². The first-order chi connectivity index (χ1) is 10.3. The maximum atomic E-state index is 12.5. The molecule has 0 aromatic carbocycles. The Labute approximate surface area is 132 Å². The summed E-state index contributed by atoms with van der Waals surface area (Å²) in [6.45, 7) is 5.04. The van der Waals surface area contributed by atoms with Crippen LogP contribution in [0, 0.1) is 5.92 Å². The summed E-state index contributed by atoms with van der Waals surface area (Å²) < 4.78 is 24.4. The molecular formula is C14H25N3O4S. The molecule has 8 heteroatoms. The summed E-state index contributed by atoms with van der Waals surface area (Å²) >= 11 is 0. The number of hydrogen-bond donors (Lipinski definition) is 0.